The second-order valence-corrected chi connectivity index (χ2v) is 14.7. The van der Waals surface area contributed by atoms with Gasteiger partial charge in [-0.3, -0.25) is 19.2 Å². The molecule has 2 aromatic carbocycles. The van der Waals surface area contributed by atoms with Gasteiger partial charge in [0.25, 0.3) is 0 Å². The standard InChI is InChI=1S/C38H42N6O4/c1-9-35(5,6)29-25(21-15-11-13-17-23(21)41-29)27-28(26-22-16-12-14-18-24(22)42-30(26)36(7,8)10-2)38(34(48)40-20(4)32(46)44-38)37(27)33(47)39-19(3)31(45)43-37/h9-20,27-28,41-42H,1-2H2,3-8H3,(H,39,47)(H,40,48)(H,43,45)(H,44,46)/t19-,20-,27-,28-,37+,38+/m1/s1. The first-order valence-electron chi connectivity index (χ1n) is 16.4. The molecule has 3 fully saturated rings. The van der Waals surface area contributed by atoms with E-state index in [0.717, 1.165) is 44.3 Å². The molecule has 4 heterocycles. The Hall–Kier alpha value is -5.12. The van der Waals surface area contributed by atoms with Gasteiger partial charge in [0.15, 0.2) is 11.1 Å². The van der Waals surface area contributed by atoms with Gasteiger partial charge in [-0.2, -0.15) is 0 Å². The Kier molecular flexibility index (Phi) is 6.68. The van der Waals surface area contributed by atoms with Crippen LogP contribution in [0.25, 0.3) is 21.8 Å². The molecule has 10 heteroatoms. The lowest BCUT2D eigenvalue weighted by atomic mass is 9.40. The van der Waals surface area contributed by atoms with Gasteiger partial charge in [0, 0.05) is 55.9 Å². The molecule has 4 amide bonds. The second-order valence-electron chi connectivity index (χ2n) is 14.7. The molecule has 48 heavy (non-hydrogen) atoms. The average molecular weight is 647 g/mol. The molecule has 2 aromatic heterocycles. The Morgan fingerprint density at radius 1 is 0.625 bits per heavy atom. The van der Waals surface area contributed by atoms with Crippen molar-refractivity contribution < 1.29 is 19.2 Å². The number of benzene rings is 2. The molecule has 2 spiro atoms. The van der Waals surface area contributed by atoms with Crippen LogP contribution in [0.4, 0.5) is 0 Å². The average Bonchev–Trinajstić information content (AvgIpc) is 3.63. The van der Waals surface area contributed by atoms with Gasteiger partial charge in [-0.25, -0.2) is 0 Å². The van der Waals surface area contributed by atoms with Crippen LogP contribution in [0.15, 0.2) is 73.8 Å². The summed E-state index contributed by atoms with van der Waals surface area (Å²) in [7, 11) is 0. The number of hydrogen-bond acceptors (Lipinski definition) is 4. The molecule has 6 atom stereocenters. The first kappa shape index (κ1) is 31.5. The minimum absolute atomic E-state index is 0.451. The van der Waals surface area contributed by atoms with Gasteiger partial charge in [0.05, 0.1) is 0 Å². The van der Waals surface area contributed by atoms with Crippen LogP contribution in [-0.4, -0.2) is 56.8 Å². The number of para-hydroxylation sites is 2. The van der Waals surface area contributed by atoms with Crippen LogP contribution < -0.4 is 21.3 Å². The lowest BCUT2D eigenvalue weighted by molar-refractivity contribution is -0.172. The number of amides is 4. The van der Waals surface area contributed by atoms with Crippen molar-refractivity contribution in [3.8, 4) is 0 Å². The third-order valence-corrected chi connectivity index (χ3v) is 11.2. The number of piperazine rings is 2. The maximum Gasteiger partial charge on any atom is 0.250 e. The van der Waals surface area contributed by atoms with Crippen LogP contribution in [0.3, 0.4) is 0 Å². The van der Waals surface area contributed by atoms with Gasteiger partial charge in [0.2, 0.25) is 23.6 Å². The van der Waals surface area contributed by atoms with E-state index in [1.165, 1.54) is 0 Å². The lowest BCUT2D eigenvalue weighted by Gasteiger charge is -2.69. The highest BCUT2D eigenvalue weighted by Crippen LogP contribution is 2.67. The number of fused-ring (bicyclic) bond motifs is 3. The summed E-state index contributed by atoms with van der Waals surface area (Å²) in [6.45, 7) is 19.6. The molecular formula is C38H42N6O4. The first-order chi connectivity index (χ1) is 22.7. The smallest absolute Gasteiger partial charge is 0.250 e. The molecule has 4 aromatic rings. The SMILES string of the molecule is C=CC(C)(C)c1[nH]c2ccccc2c1[C@@H]1[C@@H](c2c(C(C)(C)C=C)[nH]c3ccccc23)[C@@]2(NC(=O)[C@@H](C)NC2=O)[C@]12NC(=O)[C@@H](C)NC2=O. The molecule has 2 saturated heterocycles. The molecule has 3 aliphatic rings. The Labute approximate surface area is 279 Å². The van der Waals surface area contributed by atoms with Gasteiger partial charge in [-0.15, -0.1) is 13.2 Å². The lowest BCUT2D eigenvalue weighted by Crippen LogP contribution is -2.96. The highest BCUT2D eigenvalue weighted by molar-refractivity contribution is 6.15. The van der Waals surface area contributed by atoms with Crippen molar-refractivity contribution in [2.24, 2.45) is 0 Å². The number of hydrogen-bond donors (Lipinski definition) is 6. The van der Waals surface area contributed by atoms with E-state index >= 15 is 0 Å². The highest BCUT2D eigenvalue weighted by atomic mass is 16.2. The van der Waals surface area contributed by atoms with E-state index in [9.17, 15) is 19.2 Å². The number of allylic oxidation sites excluding steroid dienone is 2. The third-order valence-electron chi connectivity index (χ3n) is 11.2. The summed E-state index contributed by atoms with van der Waals surface area (Å²) in [5.41, 5.74) is -0.276. The van der Waals surface area contributed by atoms with Crippen LogP contribution in [0, 0.1) is 0 Å². The quantitative estimate of drug-likeness (QED) is 0.174. The number of carbonyl (C=O) groups excluding carboxylic acids is 4. The fourth-order valence-electron chi connectivity index (χ4n) is 8.32. The van der Waals surface area contributed by atoms with Crippen LogP contribution in [-0.2, 0) is 30.0 Å². The van der Waals surface area contributed by atoms with E-state index in [1.807, 2.05) is 88.4 Å². The van der Waals surface area contributed by atoms with Crippen LogP contribution >= 0.6 is 0 Å². The van der Waals surface area contributed by atoms with Crippen LogP contribution in [0.5, 0.6) is 0 Å². The van der Waals surface area contributed by atoms with Crippen molar-refractivity contribution >= 4 is 45.4 Å². The third kappa shape index (κ3) is 3.85. The molecule has 0 bridgehead atoms. The summed E-state index contributed by atoms with van der Waals surface area (Å²) in [6.07, 6.45) is 3.68. The Balaban J connectivity index is 1.68. The summed E-state index contributed by atoms with van der Waals surface area (Å²) in [4.78, 5) is 64.5. The maximum atomic E-state index is 14.8. The molecule has 6 N–H and O–H groups in total. The normalized spacial score (nSPS) is 29.0. The van der Waals surface area contributed by atoms with Crippen molar-refractivity contribution in [1.29, 1.82) is 0 Å². The molecule has 10 nitrogen and oxygen atoms in total. The molecule has 2 aliphatic heterocycles. The van der Waals surface area contributed by atoms with Gasteiger partial charge in [-0.05, 0) is 37.1 Å². The summed E-state index contributed by atoms with van der Waals surface area (Å²) >= 11 is 0. The van der Waals surface area contributed by atoms with Gasteiger partial charge in [0.1, 0.15) is 12.1 Å². The summed E-state index contributed by atoms with van der Waals surface area (Å²) in [5, 5.41) is 13.6. The molecular weight excluding hydrogens is 604 g/mol. The number of nitrogens with one attached hydrogen (secondary N) is 6. The summed E-state index contributed by atoms with van der Waals surface area (Å²) < 4.78 is 0. The molecule has 7 rings (SSSR count). The van der Waals surface area contributed by atoms with Crippen molar-refractivity contribution in [2.75, 3.05) is 0 Å². The zero-order valence-corrected chi connectivity index (χ0v) is 28.1. The summed E-state index contributed by atoms with van der Waals surface area (Å²) in [5.74, 6) is -3.66. The number of H-pyrrole nitrogens is 2. The minimum atomic E-state index is -1.91. The second kappa shape index (κ2) is 10.2. The zero-order valence-electron chi connectivity index (χ0n) is 28.1. The fraction of sp³-hybridized carbons (Fsp3) is 0.368. The monoisotopic (exact) mass is 646 g/mol. The maximum absolute atomic E-state index is 14.8. The Morgan fingerprint density at radius 3 is 1.33 bits per heavy atom. The van der Waals surface area contributed by atoms with E-state index in [-0.39, 0.29) is 0 Å². The summed E-state index contributed by atoms with van der Waals surface area (Å²) in [6, 6.07) is 13.9. The molecule has 0 unspecified atom stereocenters. The number of rotatable bonds is 6. The first-order valence-corrected chi connectivity index (χ1v) is 16.4. The van der Waals surface area contributed by atoms with E-state index in [1.54, 1.807) is 13.8 Å². The van der Waals surface area contributed by atoms with Crippen LogP contribution in [0.1, 0.15) is 75.9 Å². The van der Waals surface area contributed by atoms with Gasteiger partial charge in [-0.1, -0.05) is 76.2 Å². The van der Waals surface area contributed by atoms with E-state index < -0.39 is 69.5 Å². The van der Waals surface area contributed by atoms with E-state index in [4.69, 9.17) is 0 Å². The van der Waals surface area contributed by atoms with E-state index in [0.29, 0.717) is 0 Å². The van der Waals surface area contributed by atoms with Gasteiger partial charge >= 0.3 is 0 Å². The minimum Gasteiger partial charge on any atom is -0.357 e. The van der Waals surface area contributed by atoms with Crippen LogP contribution in [0.2, 0.25) is 0 Å². The van der Waals surface area contributed by atoms with Crippen molar-refractivity contribution in [3.63, 3.8) is 0 Å². The predicted molar refractivity (Wildman–Crippen MR) is 185 cm³/mol. The number of aromatic nitrogens is 2. The number of carbonyl (C=O) groups is 4. The van der Waals surface area contributed by atoms with Gasteiger partial charge < -0.3 is 31.2 Å². The zero-order chi connectivity index (χ0) is 34.6. The highest BCUT2D eigenvalue weighted by Gasteiger charge is 2.83. The largest absolute Gasteiger partial charge is 0.357 e. The van der Waals surface area contributed by atoms with E-state index in [2.05, 4.69) is 44.4 Å². The van der Waals surface area contributed by atoms with Crippen molar-refractivity contribution in [2.45, 2.75) is 87.4 Å². The molecule has 0 radical (unpaired) electrons. The molecule has 1 aliphatic carbocycles. The molecule has 248 valence electrons. The molecule has 1 saturated carbocycles. The fourth-order valence-corrected chi connectivity index (χ4v) is 8.32. The Bertz CT molecular complexity index is 1940. The topological polar surface area (TPSA) is 148 Å². The van der Waals surface area contributed by atoms with Crippen molar-refractivity contribution in [1.82, 2.24) is 31.2 Å². The number of aromatic amines is 2. The Morgan fingerprint density at radius 2 is 0.979 bits per heavy atom. The predicted octanol–water partition coefficient (Wildman–Crippen LogP) is 4.20. The van der Waals surface area contributed by atoms with Crippen molar-refractivity contribution in [3.05, 3.63) is 96.4 Å².